The monoisotopic (exact) mass is 206 g/mol. The molecule has 0 radical (unpaired) electrons. The smallest absolute Gasteiger partial charge is 0.147 e. The number of rotatable bonds is 1. The number of halogens is 1. The molecule has 1 aliphatic rings. The Hall–Kier alpha value is -1.07. The molecule has 0 bridgehead atoms. The van der Waals surface area contributed by atoms with Crippen molar-refractivity contribution in [1.29, 1.82) is 5.26 Å². The average Bonchev–Trinajstić information content (AvgIpc) is 2.70. The highest BCUT2D eigenvalue weighted by Gasteiger charge is 2.18. The van der Waals surface area contributed by atoms with E-state index in [9.17, 15) is 0 Å². The van der Waals surface area contributed by atoms with Gasteiger partial charge in [0.05, 0.1) is 5.56 Å². The van der Waals surface area contributed by atoms with Crippen LogP contribution in [0.2, 0.25) is 5.15 Å². The van der Waals surface area contributed by atoms with Crippen LogP contribution in [0.15, 0.2) is 12.1 Å². The summed E-state index contributed by atoms with van der Waals surface area (Å²) in [7, 11) is 0. The van der Waals surface area contributed by atoms with Gasteiger partial charge in [0.25, 0.3) is 0 Å². The van der Waals surface area contributed by atoms with E-state index in [1.54, 1.807) is 6.07 Å². The van der Waals surface area contributed by atoms with Gasteiger partial charge in [-0.3, -0.25) is 0 Å². The number of nitrogens with zero attached hydrogens (tertiary/aromatic N) is 2. The second kappa shape index (κ2) is 3.98. The van der Waals surface area contributed by atoms with Crippen LogP contribution in [0.1, 0.15) is 42.9 Å². The molecule has 1 aromatic heterocycles. The minimum Gasteiger partial charge on any atom is -0.239 e. The van der Waals surface area contributed by atoms with Crippen LogP contribution < -0.4 is 0 Å². The van der Waals surface area contributed by atoms with Crippen LogP contribution in [0.4, 0.5) is 0 Å². The molecular weight excluding hydrogens is 196 g/mol. The lowest BCUT2D eigenvalue weighted by Gasteiger charge is -2.08. The summed E-state index contributed by atoms with van der Waals surface area (Å²) in [5.41, 5.74) is 1.51. The van der Waals surface area contributed by atoms with Gasteiger partial charge >= 0.3 is 0 Å². The zero-order valence-electron chi connectivity index (χ0n) is 7.83. The molecule has 0 N–H and O–H groups in total. The summed E-state index contributed by atoms with van der Waals surface area (Å²) >= 11 is 5.87. The van der Waals surface area contributed by atoms with Crippen molar-refractivity contribution in [3.63, 3.8) is 0 Å². The van der Waals surface area contributed by atoms with Gasteiger partial charge in [-0.25, -0.2) is 4.98 Å². The maximum absolute atomic E-state index is 8.70. The summed E-state index contributed by atoms with van der Waals surface area (Å²) in [6.45, 7) is 0. The molecule has 0 aromatic carbocycles. The highest BCUT2D eigenvalue weighted by molar-refractivity contribution is 6.30. The van der Waals surface area contributed by atoms with E-state index in [0.717, 1.165) is 5.69 Å². The van der Waals surface area contributed by atoms with Gasteiger partial charge in [0.1, 0.15) is 11.2 Å². The van der Waals surface area contributed by atoms with Crippen LogP contribution in [0.3, 0.4) is 0 Å². The van der Waals surface area contributed by atoms with Gasteiger partial charge in [-0.15, -0.1) is 0 Å². The van der Waals surface area contributed by atoms with E-state index in [2.05, 4.69) is 4.98 Å². The lowest BCUT2D eigenvalue weighted by atomic mass is 10.0. The minimum absolute atomic E-state index is 0.344. The Bertz CT molecular complexity index is 375. The van der Waals surface area contributed by atoms with Crippen LogP contribution >= 0.6 is 11.6 Å². The van der Waals surface area contributed by atoms with E-state index in [1.807, 2.05) is 12.1 Å². The van der Waals surface area contributed by atoms with Crippen LogP contribution in [-0.4, -0.2) is 4.98 Å². The van der Waals surface area contributed by atoms with Crippen molar-refractivity contribution in [2.24, 2.45) is 0 Å². The van der Waals surface area contributed by atoms with E-state index >= 15 is 0 Å². The third-order valence-corrected chi connectivity index (χ3v) is 3.05. The lowest BCUT2D eigenvalue weighted by molar-refractivity contribution is 0.697. The molecule has 1 aromatic rings. The summed E-state index contributed by atoms with van der Waals surface area (Å²) in [4.78, 5) is 4.27. The zero-order valence-corrected chi connectivity index (χ0v) is 8.59. The Labute approximate surface area is 88.5 Å². The first-order valence-corrected chi connectivity index (χ1v) is 5.25. The van der Waals surface area contributed by atoms with E-state index in [-0.39, 0.29) is 0 Å². The maximum Gasteiger partial charge on any atom is 0.147 e. The molecule has 0 aliphatic heterocycles. The second-order valence-electron chi connectivity index (χ2n) is 3.67. The van der Waals surface area contributed by atoms with Gasteiger partial charge in [-0.1, -0.05) is 24.4 Å². The largest absolute Gasteiger partial charge is 0.239 e. The van der Waals surface area contributed by atoms with Gasteiger partial charge in [0, 0.05) is 11.6 Å². The SMILES string of the molecule is N#Cc1ccc(C2CCCC2)nc1Cl. The number of aromatic nitrogens is 1. The van der Waals surface area contributed by atoms with Crippen LogP contribution in [0.5, 0.6) is 0 Å². The fourth-order valence-corrected chi connectivity index (χ4v) is 2.18. The minimum atomic E-state index is 0.344. The van der Waals surface area contributed by atoms with Crippen LogP contribution in [0, 0.1) is 11.3 Å². The number of nitriles is 1. The molecule has 0 saturated heterocycles. The second-order valence-corrected chi connectivity index (χ2v) is 4.03. The fourth-order valence-electron chi connectivity index (χ4n) is 1.98. The predicted molar refractivity (Wildman–Crippen MR) is 55.2 cm³/mol. The third-order valence-electron chi connectivity index (χ3n) is 2.76. The number of hydrogen-bond acceptors (Lipinski definition) is 2. The Morgan fingerprint density at radius 1 is 1.36 bits per heavy atom. The molecule has 1 heterocycles. The van der Waals surface area contributed by atoms with Gasteiger partial charge in [-0.05, 0) is 25.0 Å². The van der Waals surface area contributed by atoms with E-state index in [1.165, 1.54) is 25.7 Å². The third kappa shape index (κ3) is 1.73. The standard InChI is InChI=1S/C11H11ClN2/c12-11-9(7-13)5-6-10(14-11)8-3-1-2-4-8/h5-6,8H,1-4H2. The molecule has 0 unspecified atom stereocenters. The fraction of sp³-hybridized carbons (Fsp3) is 0.455. The van der Waals surface area contributed by atoms with Gasteiger partial charge in [-0.2, -0.15) is 5.26 Å². The molecule has 3 heteroatoms. The molecule has 1 aliphatic carbocycles. The van der Waals surface area contributed by atoms with Crippen molar-refractivity contribution in [1.82, 2.24) is 4.98 Å². The highest BCUT2D eigenvalue weighted by atomic mass is 35.5. The summed E-state index contributed by atoms with van der Waals surface area (Å²) in [6, 6.07) is 5.72. The van der Waals surface area contributed by atoms with E-state index < -0.39 is 0 Å². The highest BCUT2D eigenvalue weighted by Crippen LogP contribution is 2.33. The average molecular weight is 207 g/mol. The molecule has 1 saturated carbocycles. The van der Waals surface area contributed by atoms with Gasteiger partial charge in [0.15, 0.2) is 0 Å². The first kappa shape index (κ1) is 9.48. The molecule has 2 rings (SSSR count). The van der Waals surface area contributed by atoms with E-state index in [4.69, 9.17) is 16.9 Å². The quantitative estimate of drug-likeness (QED) is 0.662. The van der Waals surface area contributed by atoms with Gasteiger partial charge in [0.2, 0.25) is 0 Å². The summed E-state index contributed by atoms with van der Waals surface area (Å²) < 4.78 is 0. The van der Waals surface area contributed by atoms with Crippen LogP contribution in [0.25, 0.3) is 0 Å². The Kier molecular flexibility index (Phi) is 2.69. The van der Waals surface area contributed by atoms with Crippen molar-refractivity contribution in [2.75, 3.05) is 0 Å². The van der Waals surface area contributed by atoms with Crippen molar-refractivity contribution in [3.05, 3.63) is 28.5 Å². The first-order valence-electron chi connectivity index (χ1n) is 4.88. The molecule has 0 spiro atoms. The Morgan fingerprint density at radius 2 is 2.07 bits per heavy atom. The molecule has 2 nitrogen and oxygen atoms in total. The number of hydrogen-bond donors (Lipinski definition) is 0. The maximum atomic E-state index is 8.70. The molecule has 1 fully saturated rings. The molecule has 0 amide bonds. The lowest BCUT2D eigenvalue weighted by Crippen LogP contribution is -1.97. The van der Waals surface area contributed by atoms with Crippen molar-refractivity contribution >= 4 is 11.6 Å². The predicted octanol–water partition coefficient (Wildman–Crippen LogP) is 3.26. The van der Waals surface area contributed by atoms with Crippen molar-refractivity contribution < 1.29 is 0 Å². The Morgan fingerprint density at radius 3 is 2.64 bits per heavy atom. The number of pyridine rings is 1. The summed E-state index contributed by atoms with van der Waals surface area (Å²) in [5.74, 6) is 0.556. The molecule has 72 valence electrons. The summed E-state index contributed by atoms with van der Waals surface area (Å²) in [6.07, 6.45) is 4.97. The molecule has 14 heavy (non-hydrogen) atoms. The Balaban J connectivity index is 2.28. The van der Waals surface area contributed by atoms with Crippen molar-refractivity contribution in [2.45, 2.75) is 31.6 Å². The molecular formula is C11H11ClN2. The van der Waals surface area contributed by atoms with E-state index in [0.29, 0.717) is 16.6 Å². The topological polar surface area (TPSA) is 36.7 Å². The normalized spacial score (nSPS) is 16.9. The van der Waals surface area contributed by atoms with Crippen LogP contribution in [-0.2, 0) is 0 Å². The van der Waals surface area contributed by atoms with Gasteiger partial charge < -0.3 is 0 Å². The summed E-state index contributed by atoms with van der Waals surface area (Å²) in [5, 5.41) is 9.04. The molecule has 0 atom stereocenters. The van der Waals surface area contributed by atoms with Crippen molar-refractivity contribution in [3.8, 4) is 6.07 Å². The zero-order chi connectivity index (χ0) is 9.97. The first-order chi connectivity index (χ1) is 6.81.